The highest BCUT2D eigenvalue weighted by molar-refractivity contribution is 5.88. The lowest BCUT2D eigenvalue weighted by Crippen LogP contribution is -2.58. The van der Waals surface area contributed by atoms with E-state index in [1.807, 2.05) is 6.92 Å². The number of halogens is 1. The minimum absolute atomic E-state index is 0.00750. The van der Waals surface area contributed by atoms with E-state index in [0.717, 1.165) is 5.56 Å². The second-order valence-corrected chi connectivity index (χ2v) is 7.42. The third kappa shape index (κ3) is 5.32. The van der Waals surface area contributed by atoms with Crippen LogP contribution in [0.5, 0.6) is 5.75 Å². The number of carbonyl (C=O) groups excluding carboxylic acids is 1. The molecule has 0 spiro atoms. The van der Waals surface area contributed by atoms with Gasteiger partial charge in [0.1, 0.15) is 11.6 Å². The first-order chi connectivity index (χ1) is 13.8. The van der Waals surface area contributed by atoms with Gasteiger partial charge in [-0.2, -0.15) is 0 Å². The van der Waals surface area contributed by atoms with Crippen LogP contribution in [0.3, 0.4) is 0 Å². The van der Waals surface area contributed by atoms with E-state index < -0.39 is 5.97 Å². The predicted molar refractivity (Wildman–Crippen MR) is 106 cm³/mol. The van der Waals surface area contributed by atoms with Crippen LogP contribution < -0.4 is 4.74 Å². The lowest BCUT2D eigenvalue weighted by atomic mass is 10.1. The monoisotopic (exact) mass is 400 g/mol. The van der Waals surface area contributed by atoms with E-state index in [2.05, 4.69) is 11.8 Å². The van der Waals surface area contributed by atoms with Crippen molar-refractivity contribution in [1.29, 1.82) is 0 Å². The molecule has 0 aliphatic carbocycles. The van der Waals surface area contributed by atoms with Crippen molar-refractivity contribution in [1.82, 2.24) is 9.80 Å². The number of nitrogens with zero attached hydrogens (tertiary/aromatic N) is 2. The van der Waals surface area contributed by atoms with Crippen molar-refractivity contribution >= 4 is 11.9 Å². The van der Waals surface area contributed by atoms with Crippen molar-refractivity contribution < 1.29 is 23.8 Å². The first-order valence-corrected chi connectivity index (χ1v) is 9.57. The topological polar surface area (TPSA) is 70.1 Å². The van der Waals surface area contributed by atoms with Crippen molar-refractivity contribution in [2.75, 3.05) is 19.7 Å². The molecule has 1 aliphatic rings. The molecule has 1 saturated heterocycles. The van der Waals surface area contributed by atoms with Gasteiger partial charge in [-0.05, 0) is 49.7 Å². The Morgan fingerprint density at radius 2 is 1.83 bits per heavy atom. The summed E-state index contributed by atoms with van der Waals surface area (Å²) < 4.78 is 18.6. The zero-order chi connectivity index (χ0) is 21.0. The number of benzene rings is 2. The molecule has 2 aromatic carbocycles. The Bertz CT molecular complexity index is 871. The summed E-state index contributed by atoms with van der Waals surface area (Å²) in [5.74, 6) is -1.07. The van der Waals surface area contributed by atoms with Gasteiger partial charge < -0.3 is 14.7 Å². The van der Waals surface area contributed by atoms with Crippen LogP contribution in [0.4, 0.5) is 4.39 Å². The standard InChI is InChI=1S/C22H25FN2O4/c1-15-12-25(16(2)11-24(15)13-17-6-8-19(23)9-7-17)21(26)14-29-20-5-3-4-18(10-20)22(27)28/h3-10,15-16H,11-14H2,1-2H3,(H,27,28)/t15-,16+/m0/s1. The van der Waals surface area contributed by atoms with Gasteiger partial charge in [0.25, 0.3) is 5.91 Å². The number of hydrogen-bond acceptors (Lipinski definition) is 4. The number of ether oxygens (including phenoxy) is 1. The Hall–Kier alpha value is -2.93. The number of rotatable bonds is 6. The summed E-state index contributed by atoms with van der Waals surface area (Å²) in [6.45, 7) is 5.89. The molecular formula is C22H25FN2O4. The molecule has 1 amide bonds. The maximum atomic E-state index is 13.1. The van der Waals surface area contributed by atoms with Crippen LogP contribution in [0.25, 0.3) is 0 Å². The third-order valence-electron chi connectivity index (χ3n) is 5.18. The molecule has 1 N–H and O–H groups in total. The number of hydrogen-bond donors (Lipinski definition) is 1. The zero-order valence-corrected chi connectivity index (χ0v) is 16.5. The van der Waals surface area contributed by atoms with Crippen LogP contribution in [0, 0.1) is 5.82 Å². The molecule has 0 bridgehead atoms. The largest absolute Gasteiger partial charge is 0.484 e. The summed E-state index contributed by atoms with van der Waals surface area (Å²) in [5, 5.41) is 9.04. The van der Waals surface area contributed by atoms with E-state index in [1.165, 1.54) is 24.3 Å². The van der Waals surface area contributed by atoms with Gasteiger partial charge in [-0.1, -0.05) is 18.2 Å². The molecule has 0 radical (unpaired) electrons. The second kappa shape index (κ2) is 9.05. The van der Waals surface area contributed by atoms with E-state index in [1.54, 1.807) is 29.2 Å². The summed E-state index contributed by atoms with van der Waals surface area (Å²) in [6, 6.07) is 12.7. The van der Waals surface area contributed by atoms with Crippen LogP contribution in [0.15, 0.2) is 48.5 Å². The predicted octanol–water partition coefficient (Wildman–Crippen LogP) is 3.02. The van der Waals surface area contributed by atoms with Gasteiger partial charge >= 0.3 is 5.97 Å². The van der Waals surface area contributed by atoms with E-state index in [-0.39, 0.29) is 36.0 Å². The van der Waals surface area contributed by atoms with E-state index in [9.17, 15) is 14.0 Å². The van der Waals surface area contributed by atoms with Gasteiger partial charge in [0.2, 0.25) is 0 Å². The molecule has 29 heavy (non-hydrogen) atoms. The summed E-state index contributed by atoms with van der Waals surface area (Å²) >= 11 is 0. The molecule has 154 valence electrons. The second-order valence-electron chi connectivity index (χ2n) is 7.42. The van der Waals surface area contributed by atoms with Crippen LogP contribution in [-0.4, -0.2) is 58.6 Å². The zero-order valence-electron chi connectivity index (χ0n) is 16.5. The summed E-state index contributed by atoms with van der Waals surface area (Å²) in [4.78, 5) is 27.8. The minimum atomic E-state index is -1.04. The molecular weight excluding hydrogens is 375 g/mol. The molecule has 7 heteroatoms. The first-order valence-electron chi connectivity index (χ1n) is 9.57. The number of carbonyl (C=O) groups is 2. The number of aromatic carboxylic acids is 1. The molecule has 3 rings (SSSR count). The van der Waals surface area contributed by atoms with Crippen molar-refractivity contribution in [3.8, 4) is 5.75 Å². The number of carboxylic acid groups (broad SMARTS) is 1. The fourth-order valence-electron chi connectivity index (χ4n) is 3.54. The smallest absolute Gasteiger partial charge is 0.335 e. The first kappa shape index (κ1) is 20.8. The van der Waals surface area contributed by atoms with Gasteiger partial charge in [0.05, 0.1) is 5.56 Å². The highest BCUT2D eigenvalue weighted by Crippen LogP contribution is 2.19. The van der Waals surface area contributed by atoms with Crippen LogP contribution in [0.2, 0.25) is 0 Å². The van der Waals surface area contributed by atoms with Crippen LogP contribution in [0.1, 0.15) is 29.8 Å². The third-order valence-corrected chi connectivity index (χ3v) is 5.18. The molecule has 1 fully saturated rings. The Labute approximate surface area is 169 Å². The Balaban J connectivity index is 1.56. The van der Waals surface area contributed by atoms with E-state index in [0.29, 0.717) is 25.4 Å². The number of amides is 1. The van der Waals surface area contributed by atoms with Gasteiger partial charge in [0.15, 0.2) is 6.61 Å². The van der Waals surface area contributed by atoms with Crippen molar-refractivity contribution in [3.05, 3.63) is 65.5 Å². The van der Waals surface area contributed by atoms with Gasteiger partial charge in [-0.15, -0.1) is 0 Å². The molecule has 0 aromatic heterocycles. The highest BCUT2D eigenvalue weighted by Gasteiger charge is 2.32. The molecule has 1 heterocycles. The maximum Gasteiger partial charge on any atom is 0.335 e. The highest BCUT2D eigenvalue weighted by atomic mass is 19.1. The molecule has 2 aromatic rings. The summed E-state index contributed by atoms with van der Waals surface area (Å²) in [7, 11) is 0. The lowest BCUT2D eigenvalue weighted by Gasteiger charge is -2.44. The van der Waals surface area contributed by atoms with Gasteiger partial charge in [-0.3, -0.25) is 9.69 Å². The minimum Gasteiger partial charge on any atom is -0.484 e. The van der Waals surface area contributed by atoms with Gasteiger partial charge in [0, 0.05) is 31.7 Å². The van der Waals surface area contributed by atoms with E-state index in [4.69, 9.17) is 9.84 Å². The maximum absolute atomic E-state index is 13.1. The average Bonchev–Trinajstić information content (AvgIpc) is 2.70. The Kier molecular flexibility index (Phi) is 6.49. The molecule has 2 atom stereocenters. The molecule has 6 nitrogen and oxygen atoms in total. The lowest BCUT2D eigenvalue weighted by molar-refractivity contribution is -0.139. The summed E-state index contributed by atoms with van der Waals surface area (Å²) in [5.41, 5.74) is 1.15. The number of piperazine rings is 1. The van der Waals surface area contributed by atoms with E-state index >= 15 is 0 Å². The number of carboxylic acids is 1. The van der Waals surface area contributed by atoms with Crippen molar-refractivity contribution in [3.63, 3.8) is 0 Å². The fraction of sp³-hybridized carbons (Fsp3) is 0.364. The normalized spacial score (nSPS) is 19.8. The molecule has 0 saturated carbocycles. The quantitative estimate of drug-likeness (QED) is 0.807. The van der Waals surface area contributed by atoms with Gasteiger partial charge in [-0.25, -0.2) is 9.18 Å². The Morgan fingerprint density at radius 1 is 1.10 bits per heavy atom. The molecule has 0 unspecified atom stereocenters. The average molecular weight is 400 g/mol. The van der Waals surface area contributed by atoms with Crippen molar-refractivity contribution in [2.45, 2.75) is 32.5 Å². The SMILES string of the molecule is C[C@@H]1CN(Cc2ccc(F)cc2)[C@@H](C)CN1C(=O)COc1cccc(C(=O)O)c1. The van der Waals surface area contributed by atoms with Crippen molar-refractivity contribution in [2.24, 2.45) is 0 Å². The molecule has 1 aliphatic heterocycles. The fourth-order valence-corrected chi connectivity index (χ4v) is 3.54. The Morgan fingerprint density at radius 3 is 2.52 bits per heavy atom. The van der Waals surface area contributed by atoms with Crippen LogP contribution in [-0.2, 0) is 11.3 Å². The van der Waals surface area contributed by atoms with Crippen LogP contribution >= 0.6 is 0 Å². The summed E-state index contributed by atoms with van der Waals surface area (Å²) in [6.07, 6.45) is 0.